The highest BCUT2D eigenvalue weighted by Gasteiger charge is 2.07. The van der Waals surface area contributed by atoms with E-state index in [9.17, 15) is 4.79 Å². The van der Waals surface area contributed by atoms with Crippen LogP contribution in [0.2, 0.25) is 0 Å². The zero-order chi connectivity index (χ0) is 19.2. The summed E-state index contributed by atoms with van der Waals surface area (Å²) in [4.78, 5) is 24.1. The highest BCUT2D eigenvalue weighted by atomic mass is 16.5. The number of rotatable bonds is 7. The fraction of sp³-hybridized carbons (Fsp3) is 0.300. The average molecular weight is 365 g/mol. The number of carbonyl (C=O) groups is 1. The molecule has 7 nitrogen and oxygen atoms in total. The maximum Gasteiger partial charge on any atom is 0.330 e. The van der Waals surface area contributed by atoms with E-state index < -0.39 is 0 Å². The van der Waals surface area contributed by atoms with Gasteiger partial charge in [-0.15, -0.1) is 0 Å². The van der Waals surface area contributed by atoms with E-state index in [0.29, 0.717) is 42.5 Å². The molecule has 2 aromatic heterocycles. The highest BCUT2D eigenvalue weighted by Crippen LogP contribution is 2.16. The Morgan fingerprint density at radius 2 is 2.00 bits per heavy atom. The van der Waals surface area contributed by atoms with Crippen LogP contribution in [0.4, 0.5) is 5.82 Å². The van der Waals surface area contributed by atoms with Gasteiger partial charge in [-0.1, -0.05) is 38.1 Å². The molecule has 0 spiro atoms. The summed E-state index contributed by atoms with van der Waals surface area (Å²) >= 11 is 0. The Bertz CT molecular complexity index is 945. The predicted octanol–water partition coefficient (Wildman–Crippen LogP) is 3.18. The van der Waals surface area contributed by atoms with Crippen molar-refractivity contribution >= 4 is 29.0 Å². The Hall–Kier alpha value is -3.22. The second-order valence-electron chi connectivity index (χ2n) is 6.54. The number of aryl methyl sites for hydroxylation is 1. The van der Waals surface area contributed by atoms with E-state index in [1.807, 2.05) is 16.7 Å². The van der Waals surface area contributed by atoms with Crippen molar-refractivity contribution < 1.29 is 9.53 Å². The van der Waals surface area contributed by atoms with Crippen molar-refractivity contribution in [1.82, 2.24) is 19.5 Å². The highest BCUT2D eigenvalue weighted by molar-refractivity contribution is 5.87. The van der Waals surface area contributed by atoms with Crippen molar-refractivity contribution in [3.8, 4) is 0 Å². The number of hydrogen-bond acceptors (Lipinski definition) is 6. The number of carbonyl (C=O) groups excluding carboxylic acids is 1. The smallest absolute Gasteiger partial charge is 0.330 e. The first-order chi connectivity index (χ1) is 13.0. The number of ether oxygens (including phenoxy) is 1. The minimum absolute atomic E-state index is 0.315. The van der Waals surface area contributed by atoms with E-state index in [-0.39, 0.29) is 5.97 Å². The minimum atomic E-state index is -0.356. The van der Waals surface area contributed by atoms with Gasteiger partial charge in [-0.2, -0.15) is 0 Å². The summed E-state index contributed by atoms with van der Waals surface area (Å²) in [5.41, 5.74) is 9.27. The van der Waals surface area contributed by atoms with E-state index in [4.69, 9.17) is 10.5 Å². The quantitative estimate of drug-likeness (QED) is 0.392. The zero-order valence-corrected chi connectivity index (χ0v) is 15.5. The van der Waals surface area contributed by atoms with Crippen LogP contribution in [0.5, 0.6) is 0 Å². The normalized spacial score (nSPS) is 11.5. The number of nitrogens with zero attached hydrogens (tertiary/aromatic N) is 4. The van der Waals surface area contributed by atoms with Gasteiger partial charge in [0.1, 0.15) is 11.8 Å². The number of nitrogen functional groups attached to an aromatic ring is 1. The van der Waals surface area contributed by atoms with Crippen LogP contribution >= 0.6 is 0 Å². The summed E-state index contributed by atoms with van der Waals surface area (Å²) in [6.45, 7) is 5.24. The van der Waals surface area contributed by atoms with Gasteiger partial charge in [-0.3, -0.25) is 0 Å². The van der Waals surface area contributed by atoms with Crippen molar-refractivity contribution in [2.24, 2.45) is 0 Å². The molecule has 0 fully saturated rings. The Kier molecular flexibility index (Phi) is 5.80. The van der Waals surface area contributed by atoms with Gasteiger partial charge in [0.05, 0.1) is 12.9 Å². The second kappa shape index (κ2) is 8.44. The summed E-state index contributed by atoms with van der Waals surface area (Å²) < 4.78 is 7.11. The Morgan fingerprint density at radius 3 is 2.74 bits per heavy atom. The van der Waals surface area contributed by atoms with Crippen LogP contribution in [0.1, 0.15) is 37.3 Å². The third kappa shape index (κ3) is 4.69. The van der Waals surface area contributed by atoms with Gasteiger partial charge in [-0.05, 0) is 29.5 Å². The van der Waals surface area contributed by atoms with Gasteiger partial charge < -0.3 is 15.0 Å². The van der Waals surface area contributed by atoms with E-state index in [2.05, 4.69) is 40.9 Å². The molecule has 0 aliphatic carbocycles. The van der Waals surface area contributed by atoms with Crippen LogP contribution in [0.15, 0.2) is 43.0 Å². The lowest BCUT2D eigenvalue weighted by Crippen LogP contribution is -2.06. The molecule has 0 saturated carbocycles. The number of aromatic nitrogens is 4. The van der Waals surface area contributed by atoms with Gasteiger partial charge in [0.25, 0.3) is 0 Å². The van der Waals surface area contributed by atoms with Gasteiger partial charge >= 0.3 is 5.97 Å². The Labute approximate surface area is 157 Å². The third-order valence-electron chi connectivity index (χ3n) is 4.23. The van der Waals surface area contributed by atoms with Crippen LogP contribution in [0, 0.1) is 0 Å². The molecule has 1 aromatic carbocycles. The minimum Gasteiger partial charge on any atom is -0.462 e. The number of nitrogens with two attached hydrogens (primary N) is 1. The lowest BCUT2D eigenvalue weighted by molar-refractivity contribution is -0.137. The fourth-order valence-corrected chi connectivity index (χ4v) is 2.67. The standard InChI is InChI=1S/C20H23N5O2/c1-14(2)16-7-4-15(5-8-16)6-9-17(26)27-11-3-10-25-13-24-18-19(21)22-12-23-20(18)25/h4-9,12-14H,3,10-11H2,1-2H3,(H2,21,22,23)/b9-6+. The van der Waals surface area contributed by atoms with Crippen molar-refractivity contribution in [2.45, 2.75) is 32.7 Å². The molecular formula is C20H23N5O2. The van der Waals surface area contributed by atoms with Gasteiger partial charge in [-0.25, -0.2) is 19.7 Å². The number of hydrogen-bond donors (Lipinski definition) is 1. The lowest BCUT2D eigenvalue weighted by Gasteiger charge is -2.05. The molecule has 0 radical (unpaired) electrons. The van der Waals surface area contributed by atoms with Crippen LogP contribution in [-0.4, -0.2) is 32.1 Å². The fourth-order valence-electron chi connectivity index (χ4n) is 2.67. The van der Waals surface area contributed by atoms with Gasteiger partial charge in [0.15, 0.2) is 11.5 Å². The molecule has 140 valence electrons. The number of imidazole rings is 1. The van der Waals surface area contributed by atoms with E-state index in [1.165, 1.54) is 18.0 Å². The Balaban J connectivity index is 1.46. The predicted molar refractivity (Wildman–Crippen MR) is 105 cm³/mol. The molecule has 27 heavy (non-hydrogen) atoms. The molecule has 2 heterocycles. The monoisotopic (exact) mass is 365 g/mol. The maximum atomic E-state index is 11.8. The third-order valence-corrected chi connectivity index (χ3v) is 4.23. The van der Waals surface area contributed by atoms with Crippen molar-refractivity contribution in [3.63, 3.8) is 0 Å². The SMILES string of the molecule is CC(C)c1ccc(/C=C/C(=O)OCCCn2cnc3c(N)ncnc32)cc1. The van der Waals surface area contributed by atoms with Gasteiger partial charge in [0, 0.05) is 12.6 Å². The van der Waals surface area contributed by atoms with Crippen molar-refractivity contribution in [2.75, 3.05) is 12.3 Å². The van der Waals surface area contributed by atoms with Crippen LogP contribution in [0.25, 0.3) is 17.2 Å². The molecule has 2 N–H and O–H groups in total. The zero-order valence-electron chi connectivity index (χ0n) is 15.5. The molecule has 3 rings (SSSR count). The van der Waals surface area contributed by atoms with Gasteiger partial charge in [0.2, 0.25) is 0 Å². The van der Waals surface area contributed by atoms with Crippen molar-refractivity contribution in [1.29, 1.82) is 0 Å². The van der Waals surface area contributed by atoms with Crippen LogP contribution in [-0.2, 0) is 16.1 Å². The maximum absolute atomic E-state index is 11.8. The van der Waals surface area contributed by atoms with Crippen LogP contribution in [0.3, 0.4) is 0 Å². The topological polar surface area (TPSA) is 95.9 Å². The average Bonchev–Trinajstić information content (AvgIpc) is 3.08. The number of benzene rings is 1. The molecule has 0 bridgehead atoms. The summed E-state index contributed by atoms with van der Waals surface area (Å²) in [6, 6.07) is 8.14. The summed E-state index contributed by atoms with van der Waals surface area (Å²) in [7, 11) is 0. The van der Waals surface area contributed by atoms with E-state index in [0.717, 1.165) is 5.56 Å². The molecule has 0 aliphatic heterocycles. The molecule has 0 aliphatic rings. The van der Waals surface area contributed by atoms with E-state index in [1.54, 1.807) is 12.4 Å². The lowest BCUT2D eigenvalue weighted by atomic mass is 10.0. The first-order valence-corrected chi connectivity index (χ1v) is 8.90. The Morgan fingerprint density at radius 1 is 1.22 bits per heavy atom. The first-order valence-electron chi connectivity index (χ1n) is 8.90. The number of anilines is 1. The second-order valence-corrected chi connectivity index (χ2v) is 6.54. The largest absolute Gasteiger partial charge is 0.462 e. The molecule has 3 aromatic rings. The molecule has 0 unspecified atom stereocenters. The molecule has 0 atom stereocenters. The summed E-state index contributed by atoms with van der Waals surface area (Å²) in [6.07, 6.45) is 6.94. The van der Waals surface area contributed by atoms with Crippen LogP contribution < -0.4 is 5.73 Å². The molecular weight excluding hydrogens is 342 g/mol. The summed E-state index contributed by atoms with van der Waals surface area (Å²) in [5, 5.41) is 0. The van der Waals surface area contributed by atoms with E-state index >= 15 is 0 Å². The molecule has 0 amide bonds. The number of fused-ring (bicyclic) bond motifs is 1. The van der Waals surface area contributed by atoms with Crippen molar-refractivity contribution in [3.05, 3.63) is 54.1 Å². The summed E-state index contributed by atoms with van der Waals surface area (Å²) in [5.74, 6) is 0.491. The first kappa shape index (κ1) is 18.6. The molecule has 7 heteroatoms. The molecule has 0 saturated heterocycles. The number of esters is 1.